The lowest BCUT2D eigenvalue weighted by atomic mass is 9.91. The van der Waals surface area contributed by atoms with Gasteiger partial charge in [-0.25, -0.2) is 14.6 Å². The molecule has 2 amide bonds. The van der Waals surface area contributed by atoms with Crippen LogP contribution in [0.15, 0.2) is 12.5 Å². The summed E-state index contributed by atoms with van der Waals surface area (Å²) in [6.07, 6.45) is 2.66. The first-order valence-corrected chi connectivity index (χ1v) is 8.27. The number of hydrogen-bond donors (Lipinski definition) is 3. The maximum atomic E-state index is 12.6. The average molecular weight is 368 g/mol. The van der Waals surface area contributed by atoms with Crippen LogP contribution in [0.4, 0.5) is 4.79 Å². The molecule has 1 aromatic rings. The maximum absolute atomic E-state index is 12.6. The molecular formula is C17H28N4O5. The van der Waals surface area contributed by atoms with Crippen LogP contribution in [0.1, 0.15) is 40.3 Å². The van der Waals surface area contributed by atoms with Crippen molar-refractivity contribution in [3.05, 3.63) is 18.2 Å². The van der Waals surface area contributed by atoms with Gasteiger partial charge in [0.2, 0.25) is 5.91 Å². The highest BCUT2D eigenvalue weighted by Crippen LogP contribution is 2.16. The molecule has 0 fully saturated rings. The fourth-order valence-corrected chi connectivity index (χ4v) is 1.99. The van der Waals surface area contributed by atoms with Crippen molar-refractivity contribution < 1.29 is 23.9 Å². The Morgan fingerprint density at radius 1 is 1.23 bits per heavy atom. The minimum atomic E-state index is -0.961. The number of H-pyrrole nitrogens is 1. The first-order chi connectivity index (χ1) is 11.9. The van der Waals surface area contributed by atoms with Crippen LogP contribution >= 0.6 is 0 Å². The molecule has 146 valence electrons. The first kappa shape index (κ1) is 21.5. The predicted octanol–water partition coefficient (Wildman–Crippen LogP) is 1.16. The van der Waals surface area contributed by atoms with Crippen LogP contribution in [-0.2, 0) is 25.5 Å². The van der Waals surface area contributed by atoms with Crippen LogP contribution in [0.5, 0.6) is 0 Å². The van der Waals surface area contributed by atoms with Crippen molar-refractivity contribution in [1.29, 1.82) is 0 Å². The van der Waals surface area contributed by atoms with E-state index in [1.807, 2.05) is 0 Å². The van der Waals surface area contributed by atoms with Crippen molar-refractivity contribution in [2.75, 3.05) is 13.7 Å². The van der Waals surface area contributed by atoms with Gasteiger partial charge in [-0.15, -0.1) is 0 Å². The number of amides is 2. The van der Waals surface area contributed by atoms with Crippen molar-refractivity contribution >= 4 is 18.0 Å². The molecule has 26 heavy (non-hydrogen) atoms. The van der Waals surface area contributed by atoms with E-state index in [4.69, 9.17) is 9.47 Å². The molecule has 0 radical (unpaired) electrons. The van der Waals surface area contributed by atoms with Crippen molar-refractivity contribution in [2.24, 2.45) is 5.41 Å². The van der Waals surface area contributed by atoms with E-state index in [0.717, 1.165) is 0 Å². The molecule has 1 aromatic heterocycles. The Morgan fingerprint density at radius 3 is 2.38 bits per heavy atom. The molecule has 1 unspecified atom stereocenters. The quantitative estimate of drug-likeness (QED) is 0.621. The number of nitrogens with one attached hydrogen (secondary N) is 3. The summed E-state index contributed by atoms with van der Waals surface area (Å²) in [5.74, 6) is -0.965. The minimum Gasteiger partial charge on any atom is -0.467 e. The van der Waals surface area contributed by atoms with Gasteiger partial charge < -0.3 is 25.1 Å². The molecular weight excluding hydrogens is 340 g/mol. The van der Waals surface area contributed by atoms with Gasteiger partial charge in [-0.05, 0) is 34.6 Å². The van der Waals surface area contributed by atoms with Gasteiger partial charge >= 0.3 is 12.1 Å². The zero-order valence-corrected chi connectivity index (χ0v) is 16.1. The molecule has 0 aliphatic rings. The first-order valence-electron chi connectivity index (χ1n) is 8.27. The molecule has 0 spiro atoms. The SMILES string of the molecule is COC(=O)C(Cc1cnc[nH]1)NC(=O)C(C)(C)CNC(=O)OC(C)(C)C. The Labute approximate surface area is 153 Å². The summed E-state index contributed by atoms with van der Waals surface area (Å²) in [5, 5.41) is 5.23. The van der Waals surface area contributed by atoms with Crippen LogP contribution in [-0.4, -0.2) is 53.2 Å². The highest BCUT2D eigenvalue weighted by Gasteiger charge is 2.33. The Kier molecular flexibility index (Phi) is 7.17. The van der Waals surface area contributed by atoms with Gasteiger partial charge in [-0.1, -0.05) is 0 Å². The number of hydrogen-bond acceptors (Lipinski definition) is 6. The summed E-state index contributed by atoms with van der Waals surface area (Å²) in [7, 11) is 1.25. The number of carbonyl (C=O) groups is 3. The van der Waals surface area contributed by atoms with Crippen molar-refractivity contribution in [3.8, 4) is 0 Å². The van der Waals surface area contributed by atoms with Crippen molar-refractivity contribution in [2.45, 2.75) is 52.7 Å². The normalized spacial score (nSPS) is 12.8. The summed E-state index contributed by atoms with van der Waals surface area (Å²) in [6.45, 7) is 8.61. The minimum absolute atomic E-state index is 0.0473. The van der Waals surface area contributed by atoms with Gasteiger partial charge in [-0.2, -0.15) is 0 Å². The number of ether oxygens (including phenoxy) is 2. The summed E-state index contributed by atoms with van der Waals surface area (Å²) >= 11 is 0. The molecule has 3 N–H and O–H groups in total. The van der Waals surface area contributed by atoms with Crippen molar-refractivity contribution in [1.82, 2.24) is 20.6 Å². The molecule has 0 aliphatic heterocycles. The summed E-state index contributed by atoms with van der Waals surface area (Å²) in [5.41, 5.74) is -0.904. The van der Waals surface area contributed by atoms with Gasteiger partial charge in [0.15, 0.2) is 0 Å². The van der Waals surface area contributed by atoms with Crippen molar-refractivity contribution in [3.63, 3.8) is 0 Å². The van der Waals surface area contributed by atoms with Gasteiger partial charge in [0.25, 0.3) is 0 Å². The highest BCUT2D eigenvalue weighted by atomic mass is 16.6. The third kappa shape index (κ3) is 7.12. The average Bonchev–Trinajstić information content (AvgIpc) is 3.03. The second kappa shape index (κ2) is 8.68. The van der Waals surface area contributed by atoms with Crippen LogP contribution < -0.4 is 10.6 Å². The number of esters is 1. The number of carbonyl (C=O) groups excluding carboxylic acids is 3. The predicted molar refractivity (Wildman–Crippen MR) is 94.3 cm³/mol. The third-order valence-corrected chi connectivity index (χ3v) is 3.46. The van der Waals surface area contributed by atoms with E-state index >= 15 is 0 Å². The Hall–Kier alpha value is -2.58. The summed E-state index contributed by atoms with van der Waals surface area (Å²) in [6, 6.07) is -0.867. The highest BCUT2D eigenvalue weighted by molar-refractivity contribution is 5.88. The van der Waals surface area contributed by atoms with Crippen LogP contribution in [0.25, 0.3) is 0 Å². The van der Waals surface area contributed by atoms with Crippen LogP contribution in [0.3, 0.4) is 0 Å². The molecule has 0 saturated carbocycles. The largest absolute Gasteiger partial charge is 0.467 e. The number of alkyl carbamates (subject to hydrolysis) is 1. The molecule has 0 aromatic carbocycles. The third-order valence-electron chi connectivity index (χ3n) is 3.46. The van der Waals surface area contributed by atoms with E-state index < -0.39 is 35.0 Å². The van der Waals surface area contributed by atoms with E-state index in [2.05, 4.69) is 20.6 Å². The molecule has 0 saturated heterocycles. The molecule has 0 bridgehead atoms. The molecule has 1 heterocycles. The number of imidazole rings is 1. The summed E-state index contributed by atoms with van der Waals surface area (Å²) < 4.78 is 9.90. The number of nitrogens with zero attached hydrogens (tertiary/aromatic N) is 1. The molecule has 9 heteroatoms. The van der Waals surface area contributed by atoms with Gasteiger partial charge in [0, 0.05) is 24.9 Å². The Bertz CT molecular complexity index is 620. The van der Waals surface area contributed by atoms with Gasteiger partial charge in [-0.3, -0.25) is 4.79 Å². The number of rotatable bonds is 7. The van der Waals surface area contributed by atoms with Gasteiger partial charge in [0.1, 0.15) is 11.6 Å². The zero-order chi connectivity index (χ0) is 20.0. The van der Waals surface area contributed by atoms with E-state index in [0.29, 0.717) is 5.69 Å². The van der Waals surface area contributed by atoms with E-state index in [1.165, 1.54) is 13.4 Å². The number of aromatic nitrogens is 2. The topological polar surface area (TPSA) is 122 Å². The molecule has 1 rings (SSSR count). The van der Waals surface area contributed by atoms with E-state index in [1.54, 1.807) is 40.8 Å². The fourth-order valence-electron chi connectivity index (χ4n) is 1.99. The zero-order valence-electron chi connectivity index (χ0n) is 16.1. The standard InChI is InChI=1S/C17H28N4O5/c1-16(2,3)26-15(24)19-9-17(4,5)14(23)21-12(13(22)25-6)7-11-8-18-10-20-11/h8,10,12H,7,9H2,1-6H3,(H,18,20)(H,19,24)(H,21,23). The summed E-state index contributed by atoms with van der Waals surface area (Å²) in [4.78, 5) is 43.1. The number of methoxy groups -OCH3 is 1. The van der Waals surface area contributed by atoms with E-state index in [9.17, 15) is 14.4 Å². The Morgan fingerprint density at radius 2 is 1.88 bits per heavy atom. The Balaban J connectivity index is 2.67. The van der Waals surface area contributed by atoms with Crippen LogP contribution in [0, 0.1) is 5.41 Å². The molecule has 0 aliphatic carbocycles. The second-order valence-electron chi connectivity index (χ2n) is 7.57. The van der Waals surface area contributed by atoms with E-state index in [-0.39, 0.29) is 13.0 Å². The lowest BCUT2D eigenvalue weighted by Crippen LogP contribution is -2.51. The maximum Gasteiger partial charge on any atom is 0.407 e. The second-order valence-corrected chi connectivity index (χ2v) is 7.57. The molecule has 9 nitrogen and oxygen atoms in total. The smallest absolute Gasteiger partial charge is 0.407 e. The lowest BCUT2D eigenvalue weighted by Gasteiger charge is -2.27. The molecule has 1 atom stereocenters. The fraction of sp³-hybridized carbons (Fsp3) is 0.647. The monoisotopic (exact) mass is 368 g/mol. The van der Waals surface area contributed by atoms with Gasteiger partial charge in [0.05, 0.1) is 18.9 Å². The number of aromatic amines is 1. The lowest BCUT2D eigenvalue weighted by molar-refractivity contribution is -0.146. The van der Waals surface area contributed by atoms with Crippen LogP contribution in [0.2, 0.25) is 0 Å².